The van der Waals surface area contributed by atoms with Gasteiger partial charge in [-0.1, -0.05) is 6.42 Å². The average Bonchev–Trinajstić information content (AvgIpc) is 3.17. The lowest BCUT2D eigenvalue weighted by molar-refractivity contribution is 0.218. The normalized spacial score (nSPS) is 17.0. The summed E-state index contributed by atoms with van der Waals surface area (Å²) >= 11 is 1.67. The van der Waals surface area contributed by atoms with Gasteiger partial charge in [0.25, 0.3) is 0 Å². The van der Waals surface area contributed by atoms with E-state index in [1.165, 1.54) is 38.0 Å². The van der Waals surface area contributed by atoms with Gasteiger partial charge in [0, 0.05) is 18.1 Å². The summed E-state index contributed by atoms with van der Waals surface area (Å²) in [4.78, 5) is 8.31. The summed E-state index contributed by atoms with van der Waals surface area (Å²) in [5.74, 6) is 0.868. The first-order chi connectivity index (χ1) is 9.92. The molecule has 3 aromatic rings. The zero-order valence-electron chi connectivity index (χ0n) is 11.3. The minimum absolute atomic E-state index is 0.868. The summed E-state index contributed by atoms with van der Waals surface area (Å²) in [5, 5.41) is 2.09. The number of rotatable bonds is 3. The van der Waals surface area contributed by atoms with Crippen molar-refractivity contribution in [3.63, 3.8) is 0 Å². The van der Waals surface area contributed by atoms with Gasteiger partial charge >= 0.3 is 0 Å². The Bertz CT molecular complexity index is 692. The first-order valence-corrected chi connectivity index (χ1v) is 8.00. The van der Waals surface area contributed by atoms with Crippen molar-refractivity contribution in [2.45, 2.75) is 25.8 Å². The van der Waals surface area contributed by atoms with Crippen LogP contribution in [0, 0.1) is 0 Å². The van der Waals surface area contributed by atoms with Gasteiger partial charge in [-0.3, -0.25) is 9.30 Å². The first-order valence-electron chi connectivity index (χ1n) is 7.12. The maximum Gasteiger partial charge on any atom is 0.194 e. The van der Waals surface area contributed by atoms with E-state index in [2.05, 4.69) is 20.9 Å². The van der Waals surface area contributed by atoms with Crippen molar-refractivity contribution < 1.29 is 4.42 Å². The highest BCUT2D eigenvalue weighted by Gasteiger charge is 2.20. The highest BCUT2D eigenvalue weighted by Crippen LogP contribution is 2.28. The molecule has 0 amide bonds. The van der Waals surface area contributed by atoms with Crippen LogP contribution in [0.1, 0.15) is 25.0 Å². The second-order valence-corrected chi connectivity index (χ2v) is 6.15. The lowest BCUT2D eigenvalue weighted by Crippen LogP contribution is -2.29. The Balaban J connectivity index is 1.75. The Morgan fingerprint density at radius 2 is 2.15 bits per heavy atom. The Morgan fingerprint density at radius 3 is 2.95 bits per heavy atom. The summed E-state index contributed by atoms with van der Waals surface area (Å²) in [7, 11) is 0. The molecule has 4 heterocycles. The third-order valence-electron chi connectivity index (χ3n) is 3.94. The molecule has 0 aromatic carbocycles. The van der Waals surface area contributed by atoms with Crippen molar-refractivity contribution in [3.8, 4) is 11.5 Å². The minimum Gasteiger partial charge on any atom is -0.463 e. The van der Waals surface area contributed by atoms with Gasteiger partial charge in [-0.2, -0.15) is 0 Å². The number of nitrogens with zero attached hydrogens (tertiary/aromatic N) is 3. The van der Waals surface area contributed by atoms with Gasteiger partial charge in [-0.05, 0) is 38.1 Å². The van der Waals surface area contributed by atoms with Gasteiger partial charge in [0.05, 0.1) is 12.0 Å². The maximum atomic E-state index is 5.56. The Morgan fingerprint density at radius 1 is 1.25 bits per heavy atom. The summed E-state index contributed by atoms with van der Waals surface area (Å²) < 4.78 is 7.76. The lowest BCUT2D eigenvalue weighted by Gasteiger charge is -2.26. The van der Waals surface area contributed by atoms with E-state index in [4.69, 9.17) is 9.40 Å². The predicted molar refractivity (Wildman–Crippen MR) is 79.9 cm³/mol. The van der Waals surface area contributed by atoms with Crippen LogP contribution < -0.4 is 0 Å². The molecule has 20 heavy (non-hydrogen) atoms. The Hall–Kier alpha value is -1.59. The van der Waals surface area contributed by atoms with Crippen molar-refractivity contribution in [3.05, 3.63) is 35.7 Å². The fraction of sp³-hybridized carbons (Fsp3) is 0.400. The first kappa shape index (κ1) is 12.2. The van der Waals surface area contributed by atoms with E-state index in [9.17, 15) is 0 Å². The second kappa shape index (κ2) is 5.07. The Labute approximate surface area is 121 Å². The molecular formula is C15H17N3OS. The number of likely N-dealkylation sites (tertiary alicyclic amines) is 1. The lowest BCUT2D eigenvalue weighted by atomic mass is 10.1. The fourth-order valence-corrected chi connectivity index (χ4v) is 3.66. The maximum absolute atomic E-state index is 5.56. The van der Waals surface area contributed by atoms with Crippen LogP contribution in [-0.4, -0.2) is 27.4 Å². The monoisotopic (exact) mass is 287 g/mol. The van der Waals surface area contributed by atoms with E-state index in [0.29, 0.717) is 0 Å². The molecule has 0 saturated carbocycles. The summed E-state index contributed by atoms with van der Waals surface area (Å²) in [6.45, 7) is 3.33. The molecule has 104 valence electrons. The van der Waals surface area contributed by atoms with Gasteiger partial charge in [0.2, 0.25) is 0 Å². The van der Waals surface area contributed by atoms with Gasteiger partial charge in [0.15, 0.2) is 10.7 Å². The van der Waals surface area contributed by atoms with Gasteiger partial charge in [0.1, 0.15) is 5.69 Å². The molecule has 3 aromatic heterocycles. The number of fused-ring (bicyclic) bond motifs is 1. The van der Waals surface area contributed by atoms with E-state index in [1.54, 1.807) is 17.6 Å². The molecule has 0 unspecified atom stereocenters. The predicted octanol–water partition coefficient (Wildman–Crippen LogP) is 3.64. The van der Waals surface area contributed by atoms with Crippen LogP contribution in [0.25, 0.3) is 16.4 Å². The molecule has 1 fully saturated rings. The van der Waals surface area contributed by atoms with Gasteiger partial charge < -0.3 is 4.42 Å². The largest absolute Gasteiger partial charge is 0.463 e. The molecule has 0 atom stereocenters. The smallest absolute Gasteiger partial charge is 0.194 e. The van der Waals surface area contributed by atoms with E-state index in [0.717, 1.165) is 23.0 Å². The number of imidazole rings is 1. The number of thiazole rings is 1. The van der Waals surface area contributed by atoms with Crippen LogP contribution in [0.15, 0.2) is 34.4 Å². The van der Waals surface area contributed by atoms with Gasteiger partial charge in [-0.25, -0.2) is 4.98 Å². The number of piperidine rings is 1. The van der Waals surface area contributed by atoms with Crippen LogP contribution in [-0.2, 0) is 6.54 Å². The molecule has 0 radical (unpaired) electrons. The highest BCUT2D eigenvalue weighted by molar-refractivity contribution is 7.15. The average molecular weight is 287 g/mol. The molecular weight excluding hydrogens is 270 g/mol. The van der Waals surface area contributed by atoms with Crippen molar-refractivity contribution >= 4 is 16.3 Å². The Kier molecular flexibility index (Phi) is 3.09. The van der Waals surface area contributed by atoms with Crippen LogP contribution in [0.5, 0.6) is 0 Å². The van der Waals surface area contributed by atoms with Crippen LogP contribution in [0.3, 0.4) is 0 Å². The summed E-state index contributed by atoms with van der Waals surface area (Å²) in [5.41, 5.74) is 2.24. The molecule has 0 N–H and O–H groups in total. The van der Waals surface area contributed by atoms with Crippen LogP contribution >= 0.6 is 11.3 Å². The van der Waals surface area contributed by atoms with Crippen molar-refractivity contribution in [1.29, 1.82) is 0 Å². The summed E-state index contributed by atoms with van der Waals surface area (Å²) in [6, 6.07) is 3.92. The number of aromatic nitrogens is 2. The molecule has 0 spiro atoms. The van der Waals surface area contributed by atoms with Crippen LogP contribution in [0.2, 0.25) is 0 Å². The fourth-order valence-electron chi connectivity index (χ4n) is 2.92. The summed E-state index contributed by atoms with van der Waals surface area (Å²) in [6.07, 6.45) is 7.80. The standard InChI is InChI=1S/C15H17N3OS/c1-2-6-17(7-3-1)11-12-14(13-5-4-9-19-13)16-15-18(12)8-10-20-15/h4-5,8-10H,1-3,6-7,11H2. The molecule has 1 aliphatic heterocycles. The van der Waals surface area contributed by atoms with Gasteiger partial charge in [-0.15, -0.1) is 11.3 Å². The van der Waals surface area contributed by atoms with Crippen molar-refractivity contribution in [1.82, 2.24) is 14.3 Å². The molecule has 4 rings (SSSR count). The zero-order valence-corrected chi connectivity index (χ0v) is 12.1. The molecule has 1 saturated heterocycles. The van der Waals surface area contributed by atoms with E-state index >= 15 is 0 Å². The third-order valence-corrected chi connectivity index (χ3v) is 4.69. The van der Waals surface area contributed by atoms with E-state index in [-0.39, 0.29) is 0 Å². The SMILES string of the molecule is c1coc(-c2nc3sccn3c2CN2CCCCC2)c1. The van der Waals surface area contributed by atoms with Crippen LogP contribution in [0.4, 0.5) is 0 Å². The highest BCUT2D eigenvalue weighted by atomic mass is 32.1. The quantitative estimate of drug-likeness (QED) is 0.737. The molecule has 1 aliphatic rings. The van der Waals surface area contributed by atoms with E-state index in [1.807, 2.05) is 12.1 Å². The second-order valence-electron chi connectivity index (χ2n) is 5.28. The topological polar surface area (TPSA) is 33.7 Å². The van der Waals surface area contributed by atoms with Crippen molar-refractivity contribution in [2.24, 2.45) is 0 Å². The minimum atomic E-state index is 0.868. The molecule has 0 aliphatic carbocycles. The molecule has 0 bridgehead atoms. The molecule has 5 heteroatoms. The third kappa shape index (κ3) is 2.07. The molecule has 4 nitrogen and oxygen atoms in total. The number of hydrogen-bond acceptors (Lipinski definition) is 4. The van der Waals surface area contributed by atoms with E-state index < -0.39 is 0 Å². The zero-order chi connectivity index (χ0) is 13.4. The number of furan rings is 1. The number of hydrogen-bond donors (Lipinski definition) is 0. The van der Waals surface area contributed by atoms with Crippen molar-refractivity contribution in [2.75, 3.05) is 13.1 Å².